The molecule has 1 aliphatic rings. The monoisotopic (exact) mass is 705 g/mol. The number of ether oxygens (including phenoxy) is 4. The van der Waals surface area contributed by atoms with E-state index in [0.29, 0.717) is 40.5 Å². The number of benzene rings is 1. The predicted octanol–water partition coefficient (Wildman–Crippen LogP) is 8.32. The number of rotatable bonds is 6. The summed E-state index contributed by atoms with van der Waals surface area (Å²) in [5.41, 5.74) is 0.257. The van der Waals surface area contributed by atoms with Gasteiger partial charge in [-0.2, -0.15) is 4.90 Å². The van der Waals surface area contributed by atoms with Crippen molar-refractivity contribution in [1.29, 1.82) is 0 Å². The van der Waals surface area contributed by atoms with Crippen LogP contribution in [0, 0.1) is 5.82 Å². The first-order valence-corrected chi connectivity index (χ1v) is 16.0. The van der Waals surface area contributed by atoms with Crippen molar-refractivity contribution in [2.75, 3.05) is 18.1 Å². The van der Waals surface area contributed by atoms with Crippen LogP contribution in [-0.2, 0) is 27.2 Å². The van der Waals surface area contributed by atoms with Gasteiger partial charge in [0, 0.05) is 35.3 Å². The van der Waals surface area contributed by atoms with E-state index < -0.39 is 41.4 Å². The van der Waals surface area contributed by atoms with Crippen molar-refractivity contribution in [3.05, 3.63) is 63.4 Å². The fourth-order valence-electron chi connectivity index (χ4n) is 4.65. The van der Waals surface area contributed by atoms with Gasteiger partial charge in [0.05, 0.1) is 41.5 Å². The Morgan fingerprint density at radius 2 is 1.65 bits per heavy atom. The molecule has 0 unspecified atom stereocenters. The minimum Gasteiger partial charge on any atom is -0.482 e. The molecule has 0 fully saturated rings. The maximum atomic E-state index is 14.5. The molecule has 258 valence electrons. The Hall–Kier alpha value is -4.23. The highest BCUT2D eigenvalue weighted by molar-refractivity contribution is 6.36. The molecule has 1 aliphatic heterocycles. The zero-order chi connectivity index (χ0) is 35.6. The molecule has 3 amide bonds. The van der Waals surface area contributed by atoms with Gasteiger partial charge < -0.3 is 23.8 Å². The number of carbonyl (C=O) groups excluding carboxylic acids is 3. The minimum atomic E-state index is -1.07. The first kappa shape index (κ1) is 36.6. The average molecular weight is 707 g/mol. The Balaban J connectivity index is 1.82. The summed E-state index contributed by atoms with van der Waals surface area (Å²) in [6.45, 7) is 14.0. The Morgan fingerprint density at radius 3 is 2.25 bits per heavy atom. The molecule has 3 aromatic rings. The van der Waals surface area contributed by atoms with Gasteiger partial charge in [0.2, 0.25) is 0 Å². The summed E-state index contributed by atoms with van der Waals surface area (Å²) in [5, 5.41) is -0.123. The van der Waals surface area contributed by atoms with Crippen LogP contribution in [0.4, 0.5) is 24.6 Å². The van der Waals surface area contributed by atoms with Gasteiger partial charge in [-0.3, -0.25) is 4.98 Å². The zero-order valence-electron chi connectivity index (χ0n) is 28.0. The second kappa shape index (κ2) is 14.5. The summed E-state index contributed by atoms with van der Waals surface area (Å²) in [4.78, 5) is 55.2. The Morgan fingerprint density at radius 1 is 1.00 bits per heavy atom. The molecule has 2 aromatic heterocycles. The van der Waals surface area contributed by atoms with Gasteiger partial charge in [-0.1, -0.05) is 23.2 Å². The van der Waals surface area contributed by atoms with Crippen LogP contribution in [-0.4, -0.2) is 62.5 Å². The average Bonchev–Trinajstić information content (AvgIpc) is 2.98. The fraction of sp³-hybridized carbons (Fsp3) is 0.455. The third-order valence-corrected chi connectivity index (χ3v) is 7.41. The third-order valence-electron chi connectivity index (χ3n) is 6.70. The standard InChI is InChI=1S/C33H38Cl2FN5O7/c1-9-45-29(42)40-13-12-22-24(17-40)37-16-23(39-22)19-14-25(46-18(2)26-20(34)10-11-21(36)27(26)35)28(38-15-19)41(30(43)47-32(3,4)5)31(44)48-33(6,7)8/h10-11,14-16,18H,9,12-13,17H2,1-8H3/t18-/m1/s1. The van der Waals surface area contributed by atoms with Gasteiger partial charge in [-0.15, -0.1) is 0 Å². The van der Waals surface area contributed by atoms with Crippen LogP contribution in [0.25, 0.3) is 11.3 Å². The molecule has 4 rings (SSSR count). The van der Waals surface area contributed by atoms with Crippen molar-refractivity contribution in [1.82, 2.24) is 19.9 Å². The van der Waals surface area contributed by atoms with Crippen LogP contribution < -0.4 is 9.64 Å². The number of amides is 3. The Labute approximate surface area is 288 Å². The lowest BCUT2D eigenvalue weighted by Crippen LogP contribution is -2.44. The second-order valence-corrected chi connectivity index (χ2v) is 13.7. The summed E-state index contributed by atoms with van der Waals surface area (Å²) < 4.78 is 37.0. The highest BCUT2D eigenvalue weighted by atomic mass is 35.5. The summed E-state index contributed by atoms with van der Waals surface area (Å²) in [7, 11) is 0. The van der Waals surface area contributed by atoms with E-state index in [1.807, 2.05) is 0 Å². The molecule has 0 radical (unpaired) electrons. The summed E-state index contributed by atoms with van der Waals surface area (Å²) in [6, 6.07) is 3.97. The van der Waals surface area contributed by atoms with Crippen LogP contribution in [0.3, 0.4) is 0 Å². The molecular weight excluding hydrogens is 668 g/mol. The number of aromatic nitrogens is 3. The molecule has 0 spiro atoms. The highest BCUT2D eigenvalue weighted by Crippen LogP contribution is 2.39. The van der Waals surface area contributed by atoms with Gasteiger partial charge in [0.25, 0.3) is 0 Å². The number of nitrogens with zero attached hydrogens (tertiary/aromatic N) is 5. The third kappa shape index (κ3) is 8.81. The number of pyridine rings is 1. The quantitative estimate of drug-likeness (QED) is 0.182. The molecule has 1 aromatic carbocycles. The molecule has 48 heavy (non-hydrogen) atoms. The fourth-order valence-corrected chi connectivity index (χ4v) is 5.33. The van der Waals surface area contributed by atoms with E-state index in [1.54, 1.807) is 60.3 Å². The van der Waals surface area contributed by atoms with Crippen molar-refractivity contribution in [3.8, 4) is 17.0 Å². The van der Waals surface area contributed by atoms with Crippen LogP contribution >= 0.6 is 23.2 Å². The van der Waals surface area contributed by atoms with Crippen molar-refractivity contribution < 1.29 is 37.7 Å². The molecule has 0 saturated carbocycles. The van der Waals surface area contributed by atoms with E-state index in [4.69, 9.17) is 47.1 Å². The second-order valence-electron chi connectivity index (χ2n) is 12.9. The number of hydrogen-bond acceptors (Lipinski definition) is 10. The van der Waals surface area contributed by atoms with E-state index in [2.05, 4.69) is 9.97 Å². The van der Waals surface area contributed by atoms with Crippen LogP contribution in [0.2, 0.25) is 10.0 Å². The van der Waals surface area contributed by atoms with Crippen molar-refractivity contribution >= 4 is 47.3 Å². The van der Waals surface area contributed by atoms with E-state index >= 15 is 0 Å². The number of imide groups is 1. The summed E-state index contributed by atoms with van der Waals surface area (Å²) >= 11 is 12.7. The first-order valence-electron chi connectivity index (χ1n) is 15.2. The van der Waals surface area contributed by atoms with E-state index in [1.165, 1.54) is 24.5 Å². The molecule has 12 nitrogen and oxygen atoms in total. The summed E-state index contributed by atoms with van der Waals surface area (Å²) in [6.07, 6.45) is -0.241. The van der Waals surface area contributed by atoms with Crippen molar-refractivity contribution in [3.63, 3.8) is 0 Å². The molecule has 0 bridgehead atoms. The van der Waals surface area contributed by atoms with Crippen LogP contribution in [0.15, 0.2) is 30.6 Å². The maximum absolute atomic E-state index is 14.5. The van der Waals surface area contributed by atoms with Gasteiger partial charge in [0.15, 0.2) is 11.6 Å². The van der Waals surface area contributed by atoms with E-state index in [9.17, 15) is 18.8 Å². The predicted molar refractivity (Wildman–Crippen MR) is 177 cm³/mol. The first-order chi connectivity index (χ1) is 22.4. The molecule has 3 heterocycles. The number of carbonyl (C=O) groups is 3. The van der Waals surface area contributed by atoms with Crippen molar-refractivity contribution in [2.24, 2.45) is 0 Å². The zero-order valence-corrected chi connectivity index (χ0v) is 29.5. The minimum absolute atomic E-state index is 0.0962. The van der Waals surface area contributed by atoms with Crippen molar-refractivity contribution in [2.45, 2.75) is 85.7 Å². The maximum Gasteiger partial charge on any atom is 0.425 e. The van der Waals surface area contributed by atoms with Crippen LogP contribution in [0.5, 0.6) is 5.75 Å². The lowest BCUT2D eigenvalue weighted by Gasteiger charge is -2.29. The van der Waals surface area contributed by atoms with Gasteiger partial charge in [-0.05, 0) is 73.6 Å². The molecule has 0 N–H and O–H groups in total. The smallest absolute Gasteiger partial charge is 0.425 e. The molecule has 0 aliphatic carbocycles. The lowest BCUT2D eigenvalue weighted by molar-refractivity contribution is 0.0426. The van der Waals surface area contributed by atoms with E-state index in [0.717, 1.165) is 6.07 Å². The molecule has 15 heteroatoms. The Bertz CT molecular complexity index is 1680. The largest absolute Gasteiger partial charge is 0.482 e. The van der Waals surface area contributed by atoms with Gasteiger partial charge in [-0.25, -0.2) is 28.7 Å². The number of halogens is 3. The highest BCUT2D eigenvalue weighted by Gasteiger charge is 2.36. The van der Waals surface area contributed by atoms with Gasteiger partial charge >= 0.3 is 18.3 Å². The lowest BCUT2D eigenvalue weighted by atomic mass is 10.1. The number of fused-ring (bicyclic) bond motifs is 1. The number of hydrogen-bond donors (Lipinski definition) is 0. The SMILES string of the molecule is CCOC(=O)N1CCc2nc(-c3cnc(N(C(=O)OC(C)(C)C)C(=O)OC(C)(C)C)c(O[C@H](C)c4c(Cl)ccc(F)c4Cl)c3)cnc2C1. The number of anilines is 1. The van der Waals surface area contributed by atoms with Crippen LogP contribution in [0.1, 0.15) is 78.4 Å². The molecule has 1 atom stereocenters. The normalized spacial score (nSPS) is 13.7. The molecule has 0 saturated heterocycles. The Kier molecular flexibility index (Phi) is 11.0. The van der Waals surface area contributed by atoms with Gasteiger partial charge in [0.1, 0.15) is 23.1 Å². The molecular formula is C33H38Cl2FN5O7. The topological polar surface area (TPSA) is 133 Å². The summed E-state index contributed by atoms with van der Waals surface area (Å²) in [5.74, 6) is -1.08. The van der Waals surface area contributed by atoms with E-state index in [-0.39, 0.29) is 40.3 Å².